The van der Waals surface area contributed by atoms with Crippen LogP contribution in [0.25, 0.3) is 0 Å². The Morgan fingerprint density at radius 2 is 2.38 bits per heavy atom. The summed E-state index contributed by atoms with van der Waals surface area (Å²) in [5.41, 5.74) is 0. The molecule has 0 rings (SSSR count). The van der Waals surface area contributed by atoms with Crippen molar-refractivity contribution in [2.24, 2.45) is 0 Å². The third kappa shape index (κ3) is 5.04. The molecule has 0 bridgehead atoms. The predicted molar refractivity (Wildman–Crippen MR) is 39.8 cm³/mol. The van der Waals surface area contributed by atoms with Crippen LogP contribution in [0.4, 0.5) is 0 Å². The van der Waals surface area contributed by atoms with E-state index in [1.54, 1.807) is 0 Å². The Balaban J connectivity index is 3.03. The second-order valence-electron chi connectivity index (χ2n) is 1.71. The van der Waals surface area contributed by atoms with Gasteiger partial charge in [0, 0.05) is 0 Å². The van der Waals surface area contributed by atoms with Crippen LogP contribution in [0, 0.1) is 0 Å². The third-order valence-electron chi connectivity index (χ3n) is 0.867. The average molecular weight is 141 g/mol. The minimum atomic E-state index is 0.233. The molecular weight excluding hydrogens is 130 g/mol. The van der Waals surface area contributed by atoms with Crippen molar-refractivity contribution in [3.63, 3.8) is 0 Å². The van der Waals surface area contributed by atoms with Crippen LogP contribution < -0.4 is 0 Å². The van der Waals surface area contributed by atoms with E-state index in [0.717, 1.165) is 0 Å². The Morgan fingerprint density at radius 1 is 1.75 bits per heavy atom. The standard InChI is InChI=1S/C3H6O.CH3.CH2.2Al/c1-3(2)4;;;;/h3H,1H2,2H3;1H3;1H2;;/q-1;;;;+1. The molecule has 0 N–H and O–H groups in total. The molecule has 0 aliphatic rings. The molecule has 0 heterocycles. The van der Waals surface area contributed by atoms with E-state index >= 15 is 0 Å². The first-order valence-corrected chi connectivity index (χ1v) is 6.11. The molecule has 1 radical (unpaired) electrons. The van der Waals surface area contributed by atoms with Gasteiger partial charge in [-0.3, -0.25) is 0 Å². The van der Waals surface area contributed by atoms with Gasteiger partial charge < -0.3 is 0 Å². The first-order valence-electron chi connectivity index (χ1n) is 2.85. The summed E-state index contributed by atoms with van der Waals surface area (Å²) in [6.45, 7) is 2.12. The molecule has 3 heteroatoms. The van der Waals surface area contributed by atoms with E-state index in [2.05, 4.69) is 18.1 Å². The van der Waals surface area contributed by atoms with Crippen molar-refractivity contribution >= 4 is 35.7 Å². The second kappa shape index (κ2) is 6.02. The van der Waals surface area contributed by atoms with Crippen LogP contribution in [0.15, 0.2) is 0 Å². The molecule has 1 nitrogen and oxygen atoms in total. The van der Waals surface area contributed by atoms with Crippen LogP contribution in [0.2, 0.25) is 11.1 Å². The van der Waals surface area contributed by atoms with Gasteiger partial charge in [0.1, 0.15) is 0 Å². The Hall–Kier alpha value is 0.895. The van der Waals surface area contributed by atoms with Crippen molar-refractivity contribution in [1.82, 2.24) is 0 Å². The zero-order valence-electron chi connectivity index (χ0n) is 5.55. The topological polar surface area (TPSA) is 9.23 Å². The first kappa shape index (κ1) is 8.89. The summed E-state index contributed by atoms with van der Waals surface area (Å²) >= 11 is 0.618. The summed E-state index contributed by atoms with van der Waals surface area (Å²) < 4.78 is 5.35. The number of rotatable bonds is 4. The van der Waals surface area contributed by atoms with E-state index in [9.17, 15) is 0 Å². The third-order valence-corrected chi connectivity index (χ3v) is 2.60. The van der Waals surface area contributed by atoms with Crippen LogP contribution in [0.1, 0.15) is 6.92 Å². The van der Waals surface area contributed by atoms with Gasteiger partial charge in [-0.2, -0.15) is 0 Å². The van der Waals surface area contributed by atoms with Crippen LogP contribution >= 0.6 is 0 Å². The van der Waals surface area contributed by atoms with Crippen LogP contribution in [0.3, 0.4) is 0 Å². The van der Waals surface area contributed by atoms with E-state index in [1.165, 1.54) is 5.28 Å². The zero-order chi connectivity index (χ0) is 6.41. The van der Waals surface area contributed by atoms with E-state index in [-0.39, 0.29) is 15.6 Å². The van der Waals surface area contributed by atoms with Gasteiger partial charge >= 0.3 is 63.6 Å². The summed E-state index contributed by atoms with van der Waals surface area (Å²) in [5.74, 6) is 2.11. The van der Waals surface area contributed by atoms with E-state index in [0.29, 0.717) is 20.9 Å². The van der Waals surface area contributed by atoms with Gasteiger partial charge in [-0.25, -0.2) is 0 Å². The van der Waals surface area contributed by atoms with Gasteiger partial charge in [0.2, 0.25) is 0 Å². The predicted octanol–water partition coefficient (Wildman–Crippen LogP) is 0.613. The fourth-order valence-corrected chi connectivity index (χ4v) is 1.90. The Kier molecular flexibility index (Phi) is 6.70. The summed E-state index contributed by atoms with van der Waals surface area (Å²) in [6, 6.07) is 0. The Labute approximate surface area is 63.7 Å². The molecule has 0 saturated carbocycles. The fourth-order valence-electron chi connectivity index (χ4n) is 0.523. The van der Waals surface area contributed by atoms with Gasteiger partial charge in [0.15, 0.2) is 0 Å². The SMILES string of the molecule is [CH2]=[Al][CH2]C(C)[O][Al][CH3]. The molecule has 0 aliphatic heterocycles. The number of hydrogen-bond acceptors (Lipinski definition) is 1. The molecule has 0 amide bonds. The molecule has 0 fully saturated rings. The van der Waals surface area contributed by atoms with Crippen molar-refractivity contribution in [1.29, 1.82) is 0 Å². The zero-order valence-corrected chi connectivity index (χ0v) is 7.86. The van der Waals surface area contributed by atoms with Gasteiger partial charge in [0.25, 0.3) is 0 Å². The van der Waals surface area contributed by atoms with Crippen molar-refractivity contribution in [2.75, 3.05) is 0 Å². The Morgan fingerprint density at radius 3 is 2.75 bits per heavy atom. The first-order chi connectivity index (χ1) is 3.81. The van der Waals surface area contributed by atoms with E-state index in [1.807, 2.05) is 0 Å². The van der Waals surface area contributed by atoms with Gasteiger partial charge in [0.05, 0.1) is 0 Å². The summed E-state index contributed by atoms with van der Waals surface area (Å²) in [6.07, 6.45) is 0.475. The molecule has 0 aliphatic carbocycles. The van der Waals surface area contributed by atoms with Gasteiger partial charge in [-0.05, 0) is 0 Å². The quantitative estimate of drug-likeness (QED) is 0.521. The molecule has 0 saturated heterocycles. The molecule has 0 aromatic heterocycles. The molecule has 0 aromatic rings. The van der Waals surface area contributed by atoms with Crippen molar-refractivity contribution in [2.45, 2.75) is 24.1 Å². The van der Waals surface area contributed by atoms with Crippen LogP contribution in [-0.4, -0.2) is 41.8 Å². The molecule has 43 valence electrons. The van der Waals surface area contributed by atoms with Crippen LogP contribution in [-0.2, 0) is 3.79 Å². The fraction of sp³-hybridized carbons (Fsp3) is 0.800. The summed E-state index contributed by atoms with van der Waals surface area (Å²) in [4.78, 5) is 0. The average Bonchev–Trinajstić information content (AvgIpc) is 1.68. The maximum absolute atomic E-state index is 5.35. The van der Waals surface area contributed by atoms with Crippen molar-refractivity contribution in [3.05, 3.63) is 0 Å². The minimum absolute atomic E-state index is 0.233. The van der Waals surface area contributed by atoms with Gasteiger partial charge in [-0.1, -0.05) is 0 Å². The number of hydrogen-bond donors (Lipinski definition) is 0. The summed E-state index contributed by atoms with van der Waals surface area (Å²) in [5, 5.41) is 5.00. The monoisotopic (exact) mass is 141 g/mol. The molecule has 8 heavy (non-hydrogen) atoms. The normalized spacial score (nSPS) is 12.2. The maximum atomic E-state index is 5.35. The van der Waals surface area contributed by atoms with Crippen molar-refractivity contribution in [3.8, 4) is 0 Å². The van der Waals surface area contributed by atoms with E-state index in [4.69, 9.17) is 3.79 Å². The molecular formula is C5H11Al2O. The molecule has 1 atom stereocenters. The summed E-state index contributed by atoms with van der Waals surface area (Å²) in [7, 11) is 0. The molecule has 0 spiro atoms. The van der Waals surface area contributed by atoms with Crippen molar-refractivity contribution < 1.29 is 3.79 Å². The van der Waals surface area contributed by atoms with Gasteiger partial charge in [-0.15, -0.1) is 0 Å². The molecule has 1 unspecified atom stereocenters. The van der Waals surface area contributed by atoms with E-state index < -0.39 is 0 Å². The molecule has 0 aromatic carbocycles. The Bertz CT molecular complexity index is 65.4. The van der Waals surface area contributed by atoms with Crippen LogP contribution in [0.5, 0.6) is 0 Å². The second-order valence-corrected chi connectivity index (χ2v) is 3.50.